The lowest BCUT2D eigenvalue weighted by atomic mass is 9.92. The van der Waals surface area contributed by atoms with Crippen molar-refractivity contribution in [1.82, 2.24) is 14.1 Å². The van der Waals surface area contributed by atoms with E-state index in [-0.39, 0.29) is 4.90 Å². The molecule has 0 saturated carbocycles. The molecule has 1 saturated heterocycles. The van der Waals surface area contributed by atoms with Crippen LogP contribution >= 0.6 is 11.6 Å². The van der Waals surface area contributed by atoms with E-state index >= 15 is 0 Å². The van der Waals surface area contributed by atoms with Gasteiger partial charge in [-0.25, -0.2) is 13.1 Å². The second-order valence-electron chi connectivity index (χ2n) is 8.74. The van der Waals surface area contributed by atoms with Crippen molar-refractivity contribution >= 4 is 27.3 Å². The van der Waals surface area contributed by atoms with Crippen LogP contribution in [-0.2, 0) is 15.4 Å². The first-order valence-electron chi connectivity index (χ1n) is 10.3. The molecule has 2 aromatic carbocycles. The molecule has 8 heteroatoms. The van der Waals surface area contributed by atoms with E-state index in [1.807, 2.05) is 75.4 Å². The first kappa shape index (κ1) is 21.9. The van der Waals surface area contributed by atoms with Gasteiger partial charge in [0.2, 0.25) is 10.0 Å². The largest absolute Gasteiger partial charge is 0.369 e. The molecule has 0 atom stereocenters. The van der Waals surface area contributed by atoms with Crippen molar-refractivity contribution in [2.24, 2.45) is 0 Å². The zero-order valence-electron chi connectivity index (χ0n) is 18.0. The number of nitrogens with zero attached hydrogens (tertiary/aromatic N) is 4. The normalized spacial score (nSPS) is 15.9. The quantitative estimate of drug-likeness (QED) is 0.583. The van der Waals surface area contributed by atoms with Crippen molar-refractivity contribution in [2.75, 3.05) is 31.1 Å². The Bertz CT molecular complexity index is 1160. The molecule has 31 heavy (non-hydrogen) atoms. The summed E-state index contributed by atoms with van der Waals surface area (Å²) in [4.78, 5) is 2.44. The van der Waals surface area contributed by atoms with Gasteiger partial charge in [-0.3, -0.25) is 0 Å². The predicted octanol–water partition coefficient (Wildman–Crippen LogP) is 4.33. The molecule has 0 N–H and O–H groups in total. The first-order chi connectivity index (χ1) is 14.7. The molecule has 1 fully saturated rings. The van der Waals surface area contributed by atoms with Crippen LogP contribution in [0, 0.1) is 0 Å². The Kier molecular flexibility index (Phi) is 5.85. The standard InChI is InChI=1S/C23H27ClN4O2S/c1-23(2,3)22-21(17-28(25-22)19-9-5-4-6-10-19)31(29,30)27-14-12-26(13-15-27)20-11-7-8-18(24)16-20/h4-11,16-17H,12-15H2,1-3H3. The van der Waals surface area contributed by atoms with E-state index in [9.17, 15) is 8.42 Å². The Morgan fingerprint density at radius 3 is 2.16 bits per heavy atom. The van der Waals surface area contributed by atoms with Crippen molar-refractivity contribution in [1.29, 1.82) is 0 Å². The highest BCUT2D eigenvalue weighted by Gasteiger charge is 2.35. The summed E-state index contributed by atoms with van der Waals surface area (Å²) in [5, 5.41) is 5.35. The third-order valence-electron chi connectivity index (χ3n) is 5.44. The maximum absolute atomic E-state index is 13.6. The Morgan fingerprint density at radius 1 is 0.903 bits per heavy atom. The fraction of sp³-hybridized carbons (Fsp3) is 0.348. The van der Waals surface area contributed by atoms with Crippen molar-refractivity contribution in [3.63, 3.8) is 0 Å². The van der Waals surface area contributed by atoms with E-state index in [4.69, 9.17) is 11.6 Å². The smallest absolute Gasteiger partial charge is 0.246 e. The molecule has 0 amide bonds. The van der Waals surface area contributed by atoms with Gasteiger partial charge in [0.05, 0.1) is 17.6 Å². The molecule has 0 unspecified atom stereocenters. The number of benzene rings is 2. The summed E-state index contributed by atoms with van der Waals surface area (Å²) >= 11 is 6.12. The van der Waals surface area contributed by atoms with Crippen LogP contribution in [0.4, 0.5) is 5.69 Å². The molecule has 4 rings (SSSR count). The minimum absolute atomic E-state index is 0.278. The van der Waals surface area contributed by atoms with Gasteiger partial charge in [-0.05, 0) is 30.3 Å². The second-order valence-corrected chi connectivity index (χ2v) is 11.1. The number of para-hydroxylation sites is 1. The lowest BCUT2D eigenvalue weighted by Crippen LogP contribution is -2.48. The lowest BCUT2D eigenvalue weighted by molar-refractivity contribution is 0.383. The molecule has 1 aliphatic heterocycles. The first-order valence-corrected chi connectivity index (χ1v) is 12.1. The molecular weight excluding hydrogens is 432 g/mol. The van der Waals surface area contributed by atoms with Crippen molar-refractivity contribution < 1.29 is 8.42 Å². The molecule has 0 bridgehead atoms. The average Bonchev–Trinajstić information content (AvgIpc) is 3.22. The van der Waals surface area contributed by atoms with Crippen LogP contribution in [0.3, 0.4) is 0 Å². The molecule has 164 valence electrons. The Labute approximate surface area is 189 Å². The summed E-state index contributed by atoms with van der Waals surface area (Å²) in [6, 6.07) is 17.2. The molecule has 0 aliphatic carbocycles. The van der Waals surface area contributed by atoms with Gasteiger partial charge >= 0.3 is 0 Å². The minimum atomic E-state index is -3.68. The zero-order chi connectivity index (χ0) is 22.2. The molecule has 6 nitrogen and oxygen atoms in total. The van der Waals surface area contributed by atoms with E-state index in [0.29, 0.717) is 36.9 Å². The summed E-state index contributed by atoms with van der Waals surface area (Å²) in [6.45, 7) is 8.00. The molecule has 0 radical (unpaired) electrons. The summed E-state index contributed by atoms with van der Waals surface area (Å²) in [6.07, 6.45) is 1.65. The molecule has 0 spiro atoms. The van der Waals surface area contributed by atoms with E-state index in [0.717, 1.165) is 11.4 Å². The van der Waals surface area contributed by atoms with E-state index in [1.54, 1.807) is 15.2 Å². The maximum atomic E-state index is 13.6. The summed E-state index contributed by atoms with van der Waals surface area (Å²) in [7, 11) is -3.68. The highest BCUT2D eigenvalue weighted by atomic mass is 35.5. The number of rotatable bonds is 4. The van der Waals surface area contributed by atoms with Gasteiger partial charge in [0, 0.05) is 42.3 Å². The van der Waals surface area contributed by atoms with Crippen molar-refractivity contribution in [2.45, 2.75) is 31.1 Å². The SMILES string of the molecule is CC(C)(C)c1nn(-c2ccccc2)cc1S(=O)(=O)N1CCN(c2cccc(Cl)c2)CC1. The predicted molar refractivity (Wildman–Crippen MR) is 125 cm³/mol. The number of halogens is 1. The van der Waals surface area contributed by atoms with Crippen LogP contribution in [0.2, 0.25) is 5.02 Å². The third kappa shape index (κ3) is 4.49. The molecule has 3 aromatic rings. The fourth-order valence-corrected chi connectivity index (χ4v) is 5.71. The zero-order valence-corrected chi connectivity index (χ0v) is 19.6. The topological polar surface area (TPSA) is 58.4 Å². The summed E-state index contributed by atoms with van der Waals surface area (Å²) in [5.41, 5.74) is 2.01. The second kappa shape index (κ2) is 8.30. The van der Waals surface area contributed by atoms with Crippen molar-refractivity contribution in [3.05, 3.63) is 71.5 Å². The molecule has 1 aromatic heterocycles. The van der Waals surface area contributed by atoms with Gasteiger partial charge < -0.3 is 4.90 Å². The Balaban J connectivity index is 1.62. The average molecular weight is 459 g/mol. The number of aromatic nitrogens is 2. The highest BCUT2D eigenvalue weighted by molar-refractivity contribution is 7.89. The Morgan fingerprint density at radius 2 is 1.55 bits per heavy atom. The Hall–Kier alpha value is -2.35. The van der Waals surface area contributed by atoms with Crippen LogP contribution in [-0.4, -0.2) is 48.7 Å². The third-order valence-corrected chi connectivity index (χ3v) is 7.58. The summed E-state index contributed by atoms with van der Waals surface area (Å²) in [5.74, 6) is 0. The van der Waals surface area contributed by atoms with Crippen LogP contribution < -0.4 is 4.90 Å². The minimum Gasteiger partial charge on any atom is -0.369 e. The maximum Gasteiger partial charge on any atom is 0.246 e. The number of anilines is 1. The van der Waals surface area contributed by atoms with Crippen LogP contribution in [0.5, 0.6) is 0 Å². The van der Waals surface area contributed by atoms with Gasteiger partial charge in [-0.1, -0.05) is 56.6 Å². The monoisotopic (exact) mass is 458 g/mol. The van der Waals surface area contributed by atoms with Gasteiger partial charge in [-0.15, -0.1) is 0 Å². The lowest BCUT2D eigenvalue weighted by Gasteiger charge is -2.35. The number of sulfonamides is 1. The fourth-order valence-electron chi connectivity index (χ4n) is 3.78. The van der Waals surface area contributed by atoms with Crippen LogP contribution in [0.1, 0.15) is 26.5 Å². The van der Waals surface area contributed by atoms with Crippen molar-refractivity contribution in [3.8, 4) is 5.69 Å². The molecular formula is C23H27ClN4O2S. The number of hydrogen-bond acceptors (Lipinski definition) is 4. The van der Waals surface area contributed by atoms with Gasteiger partial charge in [0.15, 0.2) is 0 Å². The van der Waals surface area contributed by atoms with Crippen LogP contribution in [0.15, 0.2) is 65.7 Å². The van der Waals surface area contributed by atoms with Crippen LogP contribution in [0.25, 0.3) is 5.69 Å². The summed E-state index contributed by atoms with van der Waals surface area (Å²) < 4.78 is 30.5. The van der Waals surface area contributed by atoms with E-state index < -0.39 is 15.4 Å². The van der Waals surface area contributed by atoms with Gasteiger partial charge in [0.1, 0.15) is 4.90 Å². The molecule has 1 aliphatic rings. The van der Waals surface area contributed by atoms with E-state index in [1.165, 1.54) is 0 Å². The van der Waals surface area contributed by atoms with Gasteiger partial charge in [-0.2, -0.15) is 9.40 Å². The number of piperazine rings is 1. The van der Waals surface area contributed by atoms with Gasteiger partial charge in [0.25, 0.3) is 0 Å². The highest BCUT2D eigenvalue weighted by Crippen LogP contribution is 2.31. The number of hydrogen-bond donors (Lipinski definition) is 0. The molecule has 2 heterocycles. The van der Waals surface area contributed by atoms with E-state index in [2.05, 4.69) is 10.00 Å².